The van der Waals surface area contributed by atoms with Gasteiger partial charge in [-0.15, -0.1) is 0 Å². The monoisotopic (exact) mass is 553 g/mol. The third-order valence-corrected chi connectivity index (χ3v) is 10.2. The van der Waals surface area contributed by atoms with E-state index in [1.165, 1.54) is 30.5 Å². The largest absolute Gasteiger partial charge is 0.325 e. The van der Waals surface area contributed by atoms with E-state index in [4.69, 9.17) is 4.98 Å². The third kappa shape index (κ3) is 5.29. The van der Waals surface area contributed by atoms with Gasteiger partial charge in [-0.05, 0) is 87.4 Å². The minimum Gasteiger partial charge on any atom is -0.325 e. The summed E-state index contributed by atoms with van der Waals surface area (Å²) in [5.41, 5.74) is 3.77. The molecule has 2 bridgehead atoms. The van der Waals surface area contributed by atoms with Crippen molar-refractivity contribution in [1.29, 1.82) is 5.26 Å². The number of nitrogens with one attached hydrogen (secondary N) is 1. The van der Waals surface area contributed by atoms with Crippen LogP contribution in [0.5, 0.6) is 0 Å². The van der Waals surface area contributed by atoms with Crippen molar-refractivity contribution in [2.45, 2.75) is 68.0 Å². The summed E-state index contributed by atoms with van der Waals surface area (Å²) in [6, 6.07) is 28.4. The molecule has 0 amide bonds. The first-order chi connectivity index (χ1) is 19.4. The lowest BCUT2D eigenvalue weighted by molar-refractivity contribution is 0.104. The van der Waals surface area contributed by atoms with Gasteiger partial charge in [-0.1, -0.05) is 48.5 Å². The molecule has 1 N–H and O–H groups in total. The Hall–Kier alpha value is -3.51. The van der Waals surface area contributed by atoms with Gasteiger partial charge in [-0.3, -0.25) is 4.90 Å². The van der Waals surface area contributed by atoms with Crippen LogP contribution >= 0.6 is 0 Å². The Morgan fingerprint density at radius 3 is 2.45 bits per heavy atom. The first-order valence-electron chi connectivity index (χ1n) is 14.2. The maximum absolute atomic E-state index is 13.1. The van der Waals surface area contributed by atoms with Crippen LogP contribution in [0.4, 0.5) is 0 Å². The van der Waals surface area contributed by atoms with E-state index in [0.29, 0.717) is 30.2 Å². The van der Waals surface area contributed by atoms with E-state index in [1.54, 1.807) is 12.1 Å². The highest BCUT2D eigenvalue weighted by atomic mass is 32.2. The minimum absolute atomic E-state index is 0.0482. The van der Waals surface area contributed by atoms with E-state index in [-0.39, 0.29) is 10.8 Å². The number of sulfonamides is 1. The van der Waals surface area contributed by atoms with Crippen molar-refractivity contribution in [2.75, 3.05) is 13.1 Å². The molecule has 2 unspecified atom stereocenters. The molecule has 8 heteroatoms. The van der Waals surface area contributed by atoms with Gasteiger partial charge in [0.2, 0.25) is 10.0 Å². The van der Waals surface area contributed by atoms with Gasteiger partial charge in [-0.2, -0.15) is 5.26 Å². The lowest BCUT2D eigenvalue weighted by Crippen LogP contribution is -2.44. The van der Waals surface area contributed by atoms with Crippen LogP contribution < -0.4 is 4.72 Å². The summed E-state index contributed by atoms with van der Waals surface area (Å²) in [4.78, 5) is 7.63. The van der Waals surface area contributed by atoms with E-state index in [9.17, 15) is 13.7 Å². The zero-order chi connectivity index (χ0) is 27.7. The van der Waals surface area contributed by atoms with E-state index in [1.807, 2.05) is 24.3 Å². The smallest absolute Gasteiger partial charge is 0.240 e. The Labute approximate surface area is 236 Å². The van der Waals surface area contributed by atoms with Gasteiger partial charge < -0.3 is 4.57 Å². The number of hydrogen-bond donors (Lipinski definition) is 1. The average Bonchev–Trinajstić information content (AvgIpc) is 3.43. The molecule has 1 aromatic heterocycles. The maximum Gasteiger partial charge on any atom is 0.240 e. The van der Waals surface area contributed by atoms with Crippen LogP contribution in [0, 0.1) is 18.3 Å². The van der Waals surface area contributed by atoms with Gasteiger partial charge in [0.05, 0.1) is 27.6 Å². The second-order valence-electron chi connectivity index (χ2n) is 11.2. The molecule has 2 aliphatic rings. The molecule has 0 spiro atoms. The van der Waals surface area contributed by atoms with Gasteiger partial charge in [0.15, 0.2) is 0 Å². The molecule has 4 atom stereocenters. The molecule has 2 saturated heterocycles. The van der Waals surface area contributed by atoms with Crippen molar-refractivity contribution in [3.8, 4) is 6.07 Å². The van der Waals surface area contributed by atoms with Crippen LogP contribution in [0.25, 0.3) is 11.0 Å². The molecule has 3 heterocycles. The summed E-state index contributed by atoms with van der Waals surface area (Å²) in [7, 11) is -3.73. The van der Waals surface area contributed by atoms with Crippen LogP contribution in [0.1, 0.15) is 61.0 Å². The minimum atomic E-state index is -3.73. The summed E-state index contributed by atoms with van der Waals surface area (Å²) in [6.45, 7) is 3.38. The molecule has 0 radical (unpaired) electrons. The van der Waals surface area contributed by atoms with Crippen LogP contribution in [0.2, 0.25) is 0 Å². The van der Waals surface area contributed by atoms with Gasteiger partial charge in [0.1, 0.15) is 5.82 Å². The Bertz CT molecular complexity index is 1630. The van der Waals surface area contributed by atoms with Crippen molar-refractivity contribution in [3.05, 3.63) is 95.8 Å². The molecule has 7 nitrogen and oxygen atoms in total. The lowest BCUT2D eigenvalue weighted by atomic mass is 9.93. The number of para-hydroxylation sites is 2. The molecule has 40 heavy (non-hydrogen) atoms. The molecule has 3 aromatic carbocycles. The second kappa shape index (κ2) is 11.2. The fraction of sp³-hybridized carbons (Fsp3) is 0.375. The van der Waals surface area contributed by atoms with Crippen molar-refractivity contribution in [2.24, 2.45) is 0 Å². The maximum atomic E-state index is 13.1. The molecular weight excluding hydrogens is 518 g/mol. The van der Waals surface area contributed by atoms with Crippen LogP contribution in [-0.4, -0.2) is 48.0 Å². The number of aryl methyl sites for hydroxylation is 1. The molecule has 6 rings (SSSR count). The number of hydrogen-bond acceptors (Lipinski definition) is 5. The van der Waals surface area contributed by atoms with Crippen LogP contribution in [0.3, 0.4) is 0 Å². The highest BCUT2D eigenvalue weighted by Crippen LogP contribution is 2.42. The Morgan fingerprint density at radius 2 is 1.70 bits per heavy atom. The molecule has 4 aromatic rings. The van der Waals surface area contributed by atoms with Crippen molar-refractivity contribution < 1.29 is 8.42 Å². The van der Waals surface area contributed by atoms with Crippen molar-refractivity contribution in [3.63, 3.8) is 0 Å². The number of nitriles is 1. The average molecular weight is 554 g/mol. The summed E-state index contributed by atoms with van der Waals surface area (Å²) in [6.07, 6.45) is 5.54. The molecule has 0 saturated carbocycles. The predicted molar refractivity (Wildman–Crippen MR) is 156 cm³/mol. The van der Waals surface area contributed by atoms with Gasteiger partial charge in [0.25, 0.3) is 0 Å². The number of fused-ring (bicyclic) bond motifs is 3. The van der Waals surface area contributed by atoms with Crippen LogP contribution in [-0.2, 0) is 10.0 Å². The summed E-state index contributed by atoms with van der Waals surface area (Å²) < 4.78 is 31.5. The highest BCUT2D eigenvalue weighted by molar-refractivity contribution is 7.89. The number of imidazole rings is 1. The van der Waals surface area contributed by atoms with Gasteiger partial charge in [-0.25, -0.2) is 18.1 Å². The quantitative estimate of drug-likeness (QED) is 0.294. The molecular formula is C32H35N5O2S. The SMILES string of the molecule is Cc1nc2ccccc2n1C1C[C@H]2CC[C@@H](C1)N2CCC(CNS(=O)(=O)c1cccc(C#N)c1)c1ccccc1. The zero-order valence-electron chi connectivity index (χ0n) is 22.8. The Morgan fingerprint density at radius 1 is 0.975 bits per heavy atom. The topological polar surface area (TPSA) is 91.0 Å². The van der Waals surface area contributed by atoms with E-state index in [0.717, 1.165) is 42.7 Å². The molecule has 0 aliphatic carbocycles. The molecule has 2 aliphatic heterocycles. The normalized spacial score (nSPS) is 21.9. The van der Waals surface area contributed by atoms with Gasteiger partial charge >= 0.3 is 0 Å². The Balaban J connectivity index is 1.15. The molecule has 2 fully saturated rings. The van der Waals surface area contributed by atoms with E-state index >= 15 is 0 Å². The first-order valence-corrected chi connectivity index (χ1v) is 15.7. The second-order valence-corrected chi connectivity index (χ2v) is 12.9. The van der Waals surface area contributed by atoms with Gasteiger partial charge in [0, 0.05) is 24.7 Å². The standard InChI is InChI=1S/C32H35N5O2S/c1-23-35-31-12-5-6-13-32(31)37(23)29-19-27-14-15-28(20-29)36(27)17-16-26(25-9-3-2-4-10-25)22-34-40(38,39)30-11-7-8-24(18-30)21-33/h2-13,18,26-29,34H,14-17,19-20,22H2,1H3/t26?,27-,28+,29?. The number of rotatable bonds is 9. The first kappa shape index (κ1) is 26.7. The molecule has 206 valence electrons. The summed E-state index contributed by atoms with van der Waals surface area (Å²) in [5, 5.41) is 9.19. The van der Waals surface area contributed by atoms with E-state index in [2.05, 4.69) is 57.5 Å². The predicted octanol–water partition coefficient (Wildman–Crippen LogP) is 5.54. The third-order valence-electron chi connectivity index (χ3n) is 8.80. The Kier molecular flexibility index (Phi) is 7.45. The van der Waals surface area contributed by atoms with Crippen molar-refractivity contribution >= 4 is 21.1 Å². The van der Waals surface area contributed by atoms with Crippen molar-refractivity contribution in [1.82, 2.24) is 19.2 Å². The van der Waals surface area contributed by atoms with Crippen LogP contribution in [0.15, 0.2) is 83.8 Å². The van der Waals surface area contributed by atoms with E-state index < -0.39 is 10.0 Å². The number of aromatic nitrogens is 2. The summed E-state index contributed by atoms with van der Waals surface area (Å²) >= 11 is 0. The number of piperidine rings is 1. The summed E-state index contributed by atoms with van der Waals surface area (Å²) in [5.74, 6) is 1.14. The fourth-order valence-electron chi connectivity index (χ4n) is 6.89. The zero-order valence-corrected chi connectivity index (χ0v) is 23.6. The fourth-order valence-corrected chi connectivity index (χ4v) is 8.02. The number of benzene rings is 3. The number of nitrogens with zero attached hydrogens (tertiary/aromatic N) is 4. The highest BCUT2D eigenvalue weighted by Gasteiger charge is 2.41. The lowest BCUT2D eigenvalue weighted by Gasteiger charge is -2.40.